The molecule has 0 atom stereocenters. The van der Waals surface area contributed by atoms with E-state index in [1.165, 1.54) is 16.7 Å². The first kappa shape index (κ1) is 18.6. The van der Waals surface area contributed by atoms with Gasteiger partial charge in [-0.3, -0.25) is 9.36 Å². The zero-order valence-electron chi connectivity index (χ0n) is 15.3. The van der Waals surface area contributed by atoms with Gasteiger partial charge in [-0.2, -0.15) is 0 Å². The van der Waals surface area contributed by atoms with Crippen LogP contribution in [0.5, 0.6) is 0 Å². The SMILES string of the molecule is [C-]#[N+]c1ccc(-c2nc(N3CCC(N)CC3)n(C)c(=O)c2C#CC)cc1F. The van der Waals surface area contributed by atoms with E-state index >= 15 is 0 Å². The first-order chi connectivity index (χ1) is 13.0. The molecule has 0 saturated carbocycles. The smallest absolute Gasteiger partial charge is 0.271 e. The standard InChI is InChI=1S/C20H20FN5O/c1-4-5-15-18(13-6-7-17(23-2)16(21)12-13)24-20(25(3)19(15)27)26-10-8-14(22)9-11-26/h6-7,12,14H,8-11,22H2,1,3H3. The summed E-state index contributed by atoms with van der Waals surface area (Å²) in [6.07, 6.45) is 1.63. The van der Waals surface area contributed by atoms with Crippen LogP contribution >= 0.6 is 0 Å². The van der Waals surface area contributed by atoms with E-state index in [0.717, 1.165) is 12.8 Å². The Hall–Kier alpha value is -3.16. The molecule has 0 bridgehead atoms. The highest BCUT2D eigenvalue weighted by Gasteiger charge is 2.23. The minimum atomic E-state index is -0.647. The van der Waals surface area contributed by atoms with Crippen molar-refractivity contribution >= 4 is 11.6 Å². The van der Waals surface area contributed by atoms with E-state index in [1.54, 1.807) is 20.0 Å². The third-order valence-corrected chi connectivity index (χ3v) is 4.68. The summed E-state index contributed by atoms with van der Waals surface area (Å²) in [6.45, 7) is 10.0. The van der Waals surface area contributed by atoms with E-state index in [4.69, 9.17) is 12.3 Å². The van der Waals surface area contributed by atoms with Gasteiger partial charge in [0, 0.05) is 31.7 Å². The molecule has 1 aromatic carbocycles. The summed E-state index contributed by atoms with van der Waals surface area (Å²) in [7, 11) is 1.66. The first-order valence-corrected chi connectivity index (χ1v) is 8.68. The Kier molecular flexibility index (Phi) is 5.25. The number of nitrogens with zero attached hydrogens (tertiary/aromatic N) is 4. The van der Waals surface area contributed by atoms with Crippen LogP contribution in [-0.4, -0.2) is 28.7 Å². The van der Waals surface area contributed by atoms with E-state index in [-0.39, 0.29) is 22.9 Å². The maximum absolute atomic E-state index is 14.1. The number of nitrogens with two attached hydrogens (primary N) is 1. The second kappa shape index (κ2) is 7.61. The van der Waals surface area contributed by atoms with Crippen LogP contribution in [0.4, 0.5) is 16.0 Å². The molecular weight excluding hydrogens is 345 g/mol. The number of halogens is 1. The molecule has 0 spiro atoms. The predicted molar refractivity (Wildman–Crippen MR) is 103 cm³/mol. The molecule has 138 valence electrons. The fourth-order valence-corrected chi connectivity index (χ4v) is 3.16. The highest BCUT2D eigenvalue weighted by Crippen LogP contribution is 2.28. The third kappa shape index (κ3) is 3.55. The molecule has 3 rings (SSSR count). The monoisotopic (exact) mass is 365 g/mol. The molecule has 1 aliphatic heterocycles. The summed E-state index contributed by atoms with van der Waals surface area (Å²) < 4.78 is 15.6. The van der Waals surface area contributed by atoms with E-state index in [9.17, 15) is 9.18 Å². The molecule has 2 heterocycles. The van der Waals surface area contributed by atoms with E-state index in [2.05, 4.69) is 21.7 Å². The molecule has 0 radical (unpaired) electrons. The zero-order chi connectivity index (χ0) is 19.6. The van der Waals surface area contributed by atoms with Crippen LogP contribution in [0.25, 0.3) is 16.1 Å². The van der Waals surface area contributed by atoms with Crippen molar-refractivity contribution in [1.29, 1.82) is 0 Å². The summed E-state index contributed by atoms with van der Waals surface area (Å²) in [5.41, 5.74) is 6.58. The van der Waals surface area contributed by atoms with Gasteiger partial charge in [0.05, 0.1) is 12.3 Å². The largest absolute Gasteiger partial charge is 0.342 e. The Bertz CT molecular complexity index is 1030. The van der Waals surface area contributed by atoms with Gasteiger partial charge in [0.15, 0.2) is 0 Å². The molecule has 1 aromatic heterocycles. The van der Waals surface area contributed by atoms with Crippen molar-refractivity contribution < 1.29 is 4.39 Å². The second-order valence-corrected chi connectivity index (χ2v) is 6.48. The van der Waals surface area contributed by atoms with E-state index < -0.39 is 5.82 Å². The van der Waals surface area contributed by atoms with Gasteiger partial charge < -0.3 is 10.6 Å². The van der Waals surface area contributed by atoms with Crippen molar-refractivity contribution in [1.82, 2.24) is 9.55 Å². The second-order valence-electron chi connectivity index (χ2n) is 6.48. The van der Waals surface area contributed by atoms with Gasteiger partial charge in [-0.1, -0.05) is 18.1 Å². The lowest BCUT2D eigenvalue weighted by molar-refractivity contribution is 0.490. The van der Waals surface area contributed by atoms with Gasteiger partial charge in [-0.05, 0) is 25.8 Å². The minimum Gasteiger partial charge on any atom is -0.342 e. The Balaban J connectivity index is 2.19. The van der Waals surface area contributed by atoms with Crippen molar-refractivity contribution in [3.05, 3.63) is 51.4 Å². The highest BCUT2D eigenvalue weighted by molar-refractivity contribution is 5.70. The number of hydrogen-bond donors (Lipinski definition) is 1. The summed E-state index contributed by atoms with van der Waals surface area (Å²) in [4.78, 5) is 22.7. The van der Waals surface area contributed by atoms with Crippen LogP contribution in [0.3, 0.4) is 0 Å². The van der Waals surface area contributed by atoms with E-state index in [0.29, 0.717) is 30.3 Å². The van der Waals surface area contributed by atoms with Gasteiger partial charge in [0.2, 0.25) is 11.6 Å². The van der Waals surface area contributed by atoms with Gasteiger partial charge in [-0.25, -0.2) is 14.2 Å². The molecule has 2 aromatic rings. The Morgan fingerprint density at radius 2 is 2.07 bits per heavy atom. The van der Waals surface area contributed by atoms with Crippen molar-refractivity contribution in [2.45, 2.75) is 25.8 Å². The van der Waals surface area contributed by atoms with Crippen LogP contribution < -0.4 is 16.2 Å². The molecular formula is C20H20FN5O. The molecule has 7 heteroatoms. The van der Waals surface area contributed by atoms with Crippen molar-refractivity contribution in [2.24, 2.45) is 12.8 Å². The Morgan fingerprint density at radius 3 is 2.67 bits per heavy atom. The maximum Gasteiger partial charge on any atom is 0.271 e. The average Bonchev–Trinajstić information content (AvgIpc) is 2.67. The summed E-state index contributed by atoms with van der Waals surface area (Å²) >= 11 is 0. The molecule has 0 unspecified atom stereocenters. The number of rotatable bonds is 2. The van der Waals surface area contributed by atoms with Gasteiger partial charge >= 0.3 is 0 Å². The normalized spacial score (nSPS) is 14.4. The van der Waals surface area contributed by atoms with Crippen LogP contribution in [0.1, 0.15) is 25.3 Å². The zero-order valence-corrected chi connectivity index (χ0v) is 15.3. The molecule has 1 fully saturated rings. The summed E-state index contributed by atoms with van der Waals surface area (Å²) in [6, 6.07) is 4.36. The lowest BCUT2D eigenvalue weighted by Crippen LogP contribution is -2.42. The van der Waals surface area contributed by atoms with Gasteiger partial charge in [0.1, 0.15) is 11.4 Å². The average molecular weight is 365 g/mol. The van der Waals surface area contributed by atoms with E-state index in [1.807, 2.05) is 4.90 Å². The number of anilines is 1. The number of aromatic nitrogens is 2. The third-order valence-electron chi connectivity index (χ3n) is 4.68. The molecule has 0 amide bonds. The minimum absolute atomic E-state index is 0.0732. The summed E-state index contributed by atoms with van der Waals surface area (Å²) in [5.74, 6) is 5.40. The Morgan fingerprint density at radius 1 is 1.37 bits per heavy atom. The predicted octanol–water partition coefficient (Wildman–Crippen LogP) is 2.44. The molecule has 2 N–H and O–H groups in total. The molecule has 0 aliphatic carbocycles. The molecule has 1 saturated heterocycles. The van der Waals surface area contributed by atoms with Crippen LogP contribution in [0.15, 0.2) is 23.0 Å². The lowest BCUT2D eigenvalue weighted by Gasteiger charge is -2.32. The lowest BCUT2D eigenvalue weighted by atomic mass is 10.1. The van der Waals surface area contributed by atoms with Crippen LogP contribution in [0.2, 0.25) is 0 Å². The topological polar surface area (TPSA) is 68.5 Å². The molecule has 6 nitrogen and oxygen atoms in total. The fraction of sp³-hybridized carbons (Fsp3) is 0.350. The number of hydrogen-bond acceptors (Lipinski definition) is 4. The first-order valence-electron chi connectivity index (χ1n) is 8.68. The van der Waals surface area contributed by atoms with Gasteiger partial charge in [-0.15, -0.1) is 5.92 Å². The number of piperidine rings is 1. The van der Waals surface area contributed by atoms with Crippen LogP contribution in [0, 0.1) is 24.2 Å². The molecule has 27 heavy (non-hydrogen) atoms. The van der Waals surface area contributed by atoms with Crippen molar-refractivity contribution in [2.75, 3.05) is 18.0 Å². The van der Waals surface area contributed by atoms with Gasteiger partial charge in [0.25, 0.3) is 5.56 Å². The van der Waals surface area contributed by atoms with Crippen molar-refractivity contribution in [3.8, 4) is 23.1 Å². The fourth-order valence-electron chi connectivity index (χ4n) is 3.16. The van der Waals surface area contributed by atoms with Crippen molar-refractivity contribution in [3.63, 3.8) is 0 Å². The molecule has 1 aliphatic rings. The quantitative estimate of drug-likeness (QED) is 0.656. The Labute approximate surface area is 157 Å². The van der Waals surface area contributed by atoms with Crippen LogP contribution in [-0.2, 0) is 7.05 Å². The highest BCUT2D eigenvalue weighted by atomic mass is 19.1. The maximum atomic E-state index is 14.1. The number of benzene rings is 1. The summed E-state index contributed by atoms with van der Waals surface area (Å²) in [5, 5.41) is 0.